The number of nitrogens with two attached hydrogens (primary N) is 1. The summed E-state index contributed by atoms with van der Waals surface area (Å²) < 4.78 is 0. The van der Waals surface area contributed by atoms with Crippen LogP contribution in [0.3, 0.4) is 0 Å². The predicted molar refractivity (Wildman–Crippen MR) is 100 cm³/mol. The fourth-order valence-electron chi connectivity index (χ4n) is 2.83. The average Bonchev–Trinajstić information content (AvgIpc) is 3.04. The van der Waals surface area contributed by atoms with Gasteiger partial charge in [0, 0.05) is 18.7 Å². The van der Waals surface area contributed by atoms with Crippen LogP contribution in [0.5, 0.6) is 0 Å². The molecule has 7 heteroatoms. The Kier molecular flexibility index (Phi) is 6.74. The molecule has 26 heavy (non-hydrogen) atoms. The molecule has 142 valence electrons. The van der Waals surface area contributed by atoms with Gasteiger partial charge in [-0.25, -0.2) is 0 Å². The number of nitrogens with one attached hydrogen (secondary N) is 2. The van der Waals surface area contributed by atoms with Gasteiger partial charge in [0.25, 0.3) is 0 Å². The first-order chi connectivity index (χ1) is 12.3. The van der Waals surface area contributed by atoms with Crippen LogP contribution < -0.4 is 21.3 Å². The summed E-state index contributed by atoms with van der Waals surface area (Å²) in [7, 11) is 0. The molecule has 1 aliphatic rings. The van der Waals surface area contributed by atoms with E-state index in [0.29, 0.717) is 6.42 Å². The third-order valence-corrected chi connectivity index (χ3v) is 4.60. The van der Waals surface area contributed by atoms with Crippen molar-refractivity contribution >= 4 is 23.4 Å². The van der Waals surface area contributed by atoms with E-state index in [1.807, 2.05) is 45.0 Å². The Labute approximate surface area is 154 Å². The molecule has 0 radical (unpaired) electrons. The first kappa shape index (κ1) is 19.9. The van der Waals surface area contributed by atoms with Gasteiger partial charge in [0.15, 0.2) is 0 Å². The van der Waals surface area contributed by atoms with E-state index >= 15 is 0 Å². The zero-order valence-corrected chi connectivity index (χ0v) is 15.6. The molecule has 1 unspecified atom stereocenters. The van der Waals surface area contributed by atoms with E-state index in [1.165, 1.54) is 0 Å². The van der Waals surface area contributed by atoms with E-state index in [0.717, 1.165) is 24.2 Å². The second-order valence-electron chi connectivity index (χ2n) is 7.02. The Bertz CT molecular complexity index is 657. The lowest BCUT2D eigenvalue weighted by Crippen LogP contribution is -2.47. The van der Waals surface area contributed by atoms with Gasteiger partial charge in [-0.1, -0.05) is 26.0 Å². The SMILES string of the molecule is CC(NC(=O)CNC(=O)[C@@H](N)C(C)C)c1ccc(N2CCCC2=O)cc1. The Balaban J connectivity index is 1.85. The summed E-state index contributed by atoms with van der Waals surface area (Å²) in [5.74, 6) is -0.449. The van der Waals surface area contributed by atoms with Crippen molar-refractivity contribution in [2.75, 3.05) is 18.0 Å². The van der Waals surface area contributed by atoms with Gasteiger partial charge >= 0.3 is 0 Å². The molecule has 0 bridgehead atoms. The van der Waals surface area contributed by atoms with Crippen molar-refractivity contribution in [3.63, 3.8) is 0 Å². The van der Waals surface area contributed by atoms with E-state index in [-0.39, 0.29) is 36.2 Å². The lowest BCUT2D eigenvalue weighted by Gasteiger charge is -2.19. The monoisotopic (exact) mass is 360 g/mol. The smallest absolute Gasteiger partial charge is 0.239 e. The van der Waals surface area contributed by atoms with E-state index < -0.39 is 6.04 Å². The van der Waals surface area contributed by atoms with Gasteiger partial charge in [-0.2, -0.15) is 0 Å². The van der Waals surface area contributed by atoms with Crippen molar-refractivity contribution in [1.29, 1.82) is 0 Å². The number of benzene rings is 1. The minimum absolute atomic E-state index is 0.0120. The molecule has 2 atom stereocenters. The maximum atomic E-state index is 12.0. The van der Waals surface area contributed by atoms with Gasteiger partial charge in [-0.3, -0.25) is 14.4 Å². The summed E-state index contributed by atoms with van der Waals surface area (Å²) in [6.07, 6.45) is 1.49. The first-order valence-corrected chi connectivity index (χ1v) is 9.02. The molecule has 1 aromatic carbocycles. The van der Waals surface area contributed by atoms with Gasteiger partial charge in [-0.05, 0) is 37.0 Å². The predicted octanol–water partition coefficient (Wildman–Crippen LogP) is 1.09. The molecule has 4 N–H and O–H groups in total. The standard InChI is InChI=1S/C19H28N4O3/c1-12(2)18(20)19(26)21-11-16(24)22-13(3)14-6-8-15(9-7-14)23-10-4-5-17(23)25/h6-9,12-13,18H,4-5,10-11,20H2,1-3H3,(H,21,26)(H,22,24)/t13?,18-/m0/s1. The van der Waals surface area contributed by atoms with Crippen molar-refractivity contribution in [1.82, 2.24) is 10.6 Å². The van der Waals surface area contributed by atoms with Crippen molar-refractivity contribution in [3.8, 4) is 0 Å². The molecule has 7 nitrogen and oxygen atoms in total. The molecule has 0 saturated carbocycles. The molecule has 0 aromatic heterocycles. The van der Waals surface area contributed by atoms with Crippen LogP contribution in [-0.2, 0) is 14.4 Å². The summed E-state index contributed by atoms with van der Waals surface area (Å²) >= 11 is 0. The van der Waals surface area contributed by atoms with Crippen molar-refractivity contribution in [2.45, 2.75) is 45.7 Å². The third kappa shape index (κ3) is 5.05. The van der Waals surface area contributed by atoms with Gasteiger partial charge in [0.1, 0.15) is 0 Å². The van der Waals surface area contributed by atoms with Crippen molar-refractivity contribution < 1.29 is 14.4 Å². The van der Waals surface area contributed by atoms with Crippen LogP contribution in [0.25, 0.3) is 0 Å². The lowest BCUT2D eigenvalue weighted by atomic mass is 10.1. The van der Waals surface area contributed by atoms with Gasteiger partial charge in [0.2, 0.25) is 17.7 Å². The molecule has 0 aliphatic carbocycles. The highest BCUT2D eigenvalue weighted by atomic mass is 16.2. The number of amides is 3. The quantitative estimate of drug-likeness (QED) is 0.677. The molecule has 1 saturated heterocycles. The second-order valence-corrected chi connectivity index (χ2v) is 7.02. The highest BCUT2D eigenvalue weighted by molar-refractivity contribution is 5.95. The Morgan fingerprint density at radius 2 is 1.85 bits per heavy atom. The van der Waals surface area contributed by atoms with Crippen LogP contribution in [0, 0.1) is 5.92 Å². The number of nitrogens with zero attached hydrogens (tertiary/aromatic N) is 1. The normalized spacial score (nSPS) is 16.5. The number of hydrogen-bond acceptors (Lipinski definition) is 4. The number of rotatable bonds is 7. The van der Waals surface area contributed by atoms with Gasteiger partial charge < -0.3 is 21.3 Å². The van der Waals surface area contributed by atoms with Gasteiger partial charge in [0.05, 0.1) is 18.6 Å². The molecule has 2 rings (SSSR count). The highest BCUT2D eigenvalue weighted by Crippen LogP contribution is 2.23. The second kappa shape index (κ2) is 8.80. The number of carbonyl (C=O) groups is 3. The Morgan fingerprint density at radius 3 is 2.38 bits per heavy atom. The molecule has 1 fully saturated rings. The molecule has 3 amide bonds. The van der Waals surface area contributed by atoms with E-state index in [9.17, 15) is 14.4 Å². The van der Waals surface area contributed by atoms with E-state index in [4.69, 9.17) is 5.73 Å². The summed E-state index contributed by atoms with van der Waals surface area (Å²) in [5, 5.41) is 5.39. The first-order valence-electron chi connectivity index (χ1n) is 9.02. The summed E-state index contributed by atoms with van der Waals surface area (Å²) in [5.41, 5.74) is 7.55. The third-order valence-electron chi connectivity index (χ3n) is 4.60. The zero-order valence-electron chi connectivity index (χ0n) is 15.6. The average molecular weight is 360 g/mol. The maximum absolute atomic E-state index is 12.0. The number of carbonyl (C=O) groups excluding carboxylic acids is 3. The minimum Gasteiger partial charge on any atom is -0.348 e. The fraction of sp³-hybridized carbons (Fsp3) is 0.526. The molecular formula is C19H28N4O3. The van der Waals surface area contributed by atoms with E-state index in [1.54, 1.807) is 4.90 Å². The maximum Gasteiger partial charge on any atom is 0.239 e. The lowest BCUT2D eigenvalue weighted by molar-refractivity contribution is -0.127. The topological polar surface area (TPSA) is 105 Å². The van der Waals surface area contributed by atoms with Gasteiger partial charge in [-0.15, -0.1) is 0 Å². The molecular weight excluding hydrogens is 332 g/mol. The van der Waals surface area contributed by atoms with Crippen molar-refractivity contribution in [2.24, 2.45) is 11.7 Å². The summed E-state index contributed by atoms with van der Waals surface area (Å²) in [6.45, 7) is 6.22. The Hall–Kier alpha value is -2.41. The van der Waals surface area contributed by atoms with Crippen molar-refractivity contribution in [3.05, 3.63) is 29.8 Å². The molecule has 0 spiro atoms. The van der Waals surface area contributed by atoms with Crippen LogP contribution in [0.4, 0.5) is 5.69 Å². The Morgan fingerprint density at radius 1 is 1.19 bits per heavy atom. The summed E-state index contributed by atoms with van der Waals surface area (Å²) in [6, 6.07) is 6.76. The molecule has 1 heterocycles. The van der Waals surface area contributed by atoms with E-state index in [2.05, 4.69) is 10.6 Å². The highest BCUT2D eigenvalue weighted by Gasteiger charge is 2.22. The largest absolute Gasteiger partial charge is 0.348 e. The van der Waals surface area contributed by atoms with Crippen LogP contribution >= 0.6 is 0 Å². The fourth-order valence-corrected chi connectivity index (χ4v) is 2.83. The van der Waals surface area contributed by atoms with Crippen LogP contribution in [0.1, 0.15) is 45.2 Å². The number of anilines is 1. The zero-order chi connectivity index (χ0) is 19.3. The number of hydrogen-bond donors (Lipinski definition) is 3. The van der Waals surface area contributed by atoms with Crippen LogP contribution in [0.15, 0.2) is 24.3 Å². The van der Waals surface area contributed by atoms with Crippen LogP contribution in [0.2, 0.25) is 0 Å². The minimum atomic E-state index is -0.624. The molecule has 1 aromatic rings. The summed E-state index contributed by atoms with van der Waals surface area (Å²) in [4.78, 5) is 37.4. The van der Waals surface area contributed by atoms with Crippen LogP contribution in [-0.4, -0.2) is 36.9 Å². The molecule has 1 aliphatic heterocycles.